The van der Waals surface area contributed by atoms with Crippen molar-refractivity contribution in [2.75, 3.05) is 6.61 Å². The lowest BCUT2D eigenvalue weighted by atomic mass is 9.44. The van der Waals surface area contributed by atoms with E-state index in [4.69, 9.17) is 4.74 Å². The van der Waals surface area contributed by atoms with Crippen molar-refractivity contribution in [1.29, 1.82) is 0 Å². The van der Waals surface area contributed by atoms with Crippen LogP contribution in [0, 0.1) is 28.6 Å². The third-order valence-corrected chi connectivity index (χ3v) is 9.48. The molecule has 0 radical (unpaired) electrons. The molecule has 0 saturated heterocycles. The molecule has 0 aromatic carbocycles. The van der Waals surface area contributed by atoms with E-state index in [-0.39, 0.29) is 22.9 Å². The fraction of sp³-hybridized carbons (Fsp3) is 0.846. The van der Waals surface area contributed by atoms with Gasteiger partial charge in [-0.05, 0) is 86.4 Å². The summed E-state index contributed by atoms with van der Waals surface area (Å²) in [5, 5.41) is 22.3. The van der Waals surface area contributed by atoms with Crippen molar-refractivity contribution in [2.45, 2.75) is 103 Å². The van der Waals surface area contributed by atoms with Crippen LogP contribution >= 0.6 is 0 Å². The first-order valence-corrected chi connectivity index (χ1v) is 12.1. The van der Waals surface area contributed by atoms with Crippen LogP contribution in [-0.2, 0) is 4.74 Å². The largest absolute Gasteiger partial charge is 0.393 e. The van der Waals surface area contributed by atoms with Gasteiger partial charge in [-0.2, -0.15) is 0 Å². The minimum Gasteiger partial charge on any atom is -0.393 e. The Morgan fingerprint density at radius 3 is 2.69 bits per heavy atom. The summed E-state index contributed by atoms with van der Waals surface area (Å²) < 4.78 is 6.42. The molecule has 3 saturated carbocycles. The minimum atomic E-state index is -0.830. The summed E-state index contributed by atoms with van der Waals surface area (Å²) in [6, 6.07) is 0. The van der Waals surface area contributed by atoms with Gasteiger partial charge in [0.25, 0.3) is 0 Å². The van der Waals surface area contributed by atoms with Gasteiger partial charge >= 0.3 is 0 Å². The van der Waals surface area contributed by atoms with Crippen molar-refractivity contribution in [2.24, 2.45) is 28.6 Å². The van der Waals surface area contributed by atoms with Gasteiger partial charge in [0.1, 0.15) is 0 Å². The van der Waals surface area contributed by atoms with E-state index < -0.39 is 5.60 Å². The Kier molecular flexibility index (Phi) is 5.81. The number of fused-ring (bicyclic) bond motifs is 5. The van der Waals surface area contributed by atoms with Crippen LogP contribution in [0.5, 0.6) is 0 Å². The molecule has 8 unspecified atom stereocenters. The topological polar surface area (TPSA) is 49.7 Å². The van der Waals surface area contributed by atoms with Crippen molar-refractivity contribution in [3.8, 4) is 0 Å². The normalized spacial score (nSPS) is 49.0. The molecule has 3 fully saturated rings. The summed E-state index contributed by atoms with van der Waals surface area (Å²) >= 11 is 0. The molecule has 0 amide bonds. The summed E-state index contributed by atoms with van der Waals surface area (Å²) in [5.74, 6) is 1.26. The van der Waals surface area contributed by atoms with E-state index in [2.05, 4.69) is 33.4 Å². The molecule has 2 N–H and O–H groups in total. The number of aliphatic hydroxyl groups is 2. The van der Waals surface area contributed by atoms with Crippen LogP contribution in [-0.4, -0.2) is 34.6 Å². The molecule has 0 heterocycles. The number of rotatable bonds is 6. The number of hydrogen-bond donors (Lipinski definition) is 2. The summed E-state index contributed by atoms with van der Waals surface area (Å²) in [7, 11) is 0. The second-order valence-corrected chi connectivity index (χ2v) is 11.0. The zero-order valence-corrected chi connectivity index (χ0v) is 18.8. The van der Waals surface area contributed by atoms with E-state index in [1.54, 1.807) is 0 Å². The highest BCUT2D eigenvalue weighted by molar-refractivity contribution is 5.32. The van der Waals surface area contributed by atoms with Gasteiger partial charge in [0.05, 0.1) is 17.8 Å². The van der Waals surface area contributed by atoms with Gasteiger partial charge in [-0.15, -0.1) is 6.58 Å². The van der Waals surface area contributed by atoms with Crippen LogP contribution in [0.3, 0.4) is 0 Å². The molecule has 4 rings (SSSR count). The van der Waals surface area contributed by atoms with Crippen molar-refractivity contribution in [3.05, 3.63) is 24.3 Å². The average molecular weight is 403 g/mol. The first kappa shape index (κ1) is 21.6. The number of unbranched alkanes of at least 4 members (excludes halogenated alkanes) is 1. The Bertz CT molecular complexity index is 656. The summed E-state index contributed by atoms with van der Waals surface area (Å²) in [6.07, 6.45) is 14.4. The lowest BCUT2D eigenvalue weighted by Crippen LogP contribution is -2.60. The Labute approximate surface area is 177 Å². The van der Waals surface area contributed by atoms with E-state index in [1.165, 1.54) is 18.4 Å². The molecule has 4 aliphatic rings. The van der Waals surface area contributed by atoms with Gasteiger partial charge < -0.3 is 14.9 Å². The van der Waals surface area contributed by atoms with E-state index in [0.29, 0.717) is 24.4 Å². The van der Waals surface area contributed by atoms with Crippen molar-refractivity contribution in [1.82, 2.24) is 0 Å². The van der Waals surface area contributed by atoms with Crippen molar-refractivity contribution < 1.29 is 14.9 Å². The molecular weight excluding hydrogens is 360 g/mol. The van der Waals surface area contributed by atoms with Crippen LogP contribution in [0.15, 0.2) is 24.3 Å². The van der Waals surface area contributed by atoms with Gasteiger partial charge in [-0.25, -0.2) is 0 Å². The lowest BCUT2D eigenvalue weighted by molar-refractivity contribution is -0.151. The highest BCUT2D eigenvalue weighted by Gasteiger charge is 2.64. The third-order valence-electron chi connectivity index (χ3n) is 9.48. The minimum absolute atomic E-state index is 0.125. The quantitative estimate of drug-likeness (QED) is 0.461. The number of hydrogen-bond acceptors (Lipinski definition) is 3. The molecule has 8 atom stereocenters. The van der Waals surface area contributed by atoms with Crippen molar-refractivity contribution in [3.63, 3.8) is 0 Å². The maximum atomic E-state index is 12.0. The smallest absolute Gasteiger partial charge is 0.0898 e. The molecule has 0 spiro atoms. The van der Waals surface area contributed by atoms with Crippen molar-refractivity contribution >= 4 is 0 Å². The SMILES string of the molecule is C=CCC1(O)C=C2CC(O)CCC2(C)C2CCC3(C)C(OCCCC)CCC3C21. The molecule has 29 heavy (non-hydrogen) atoms. The Morgan fingerprint density at radius 1 is 1.17 bits per heavy atom. The molecule has 164 valence electrons. The van der Waals surface area contributed by atoms with E-state index >= 15 is 0 Å². The van der Waals surface area contributed by atoms with Gasteiger partial charge in [-0.1, -0.05) is 44.9 Å². The molecule has 3 heteroatoms. The second kappa shape index (κ2) is 7.80. The van der Waals surface area contributed by atoms with Crippen LogP contribution in [0.1, 0.15) is 85.0 Å². The van der Waals surface area contributed by atoms with Gasteiger partial charge in [0.2, 0.25) is 0 Å². The lowest BCUT2D eigenvalue weighted by Gasteiger charge is -2.62. The van der Waals surface area contributed by atoms with Gasteiger partial charge in [0, 0.05) is 6.61 Å². The highest BCUT2D eigenvalue weighted by Crippen LogP contribution is 2.67. The van der Waals surface area contributed by atoms with Crippen LogP contribution in [0.2, 0.25) is 0 Å². The van der Waals surface area contributed by atoms with Crippen LogP contribution < -0.4 is 0 Å². The summed E-state index contributed by atoms with van der Waals surface area (Å²) in [5.41, 5.74) is 0.766. The molecule has 0 aromatic rings. The first-order chi connectivity index (χ1) is 13.8. The predicted octanol–water partition coefficient (Wildman–Crippen LogP) is 5.41. The summed E-state index contributed by atoms with van der Waals surface area (Å²) in [6.45, 7) is 11.9. The Morgan fingerprint density at radius 2 is 1.97 bits per heavy atom. The van der Waals surface area contributed by atoms with Gasteiger partial charge in [0.15, 0.2) is 0 Å². The fourth-order valence-corrected chi connectivity index (χ4v) is 7.83. The first-order valence-electron chi connectivity index (χ1n) is 12.1. The monoisotopic (exact) mass is 402 g/mol. The van der Waals surface area contributed by atoms with E-state index in [9.17, 15) is 10.2 Å². The molecule has 4 aliphatic carbocycles. The maximum Gasteiger partial charge on any atom is 0.0898 e. The fourth-order valence-electron chi connectivity index (χ4n) is 7.83. The van der Waals surface area contributed by atoms with Crippen LogP contribution in [0.4, 0.5) is 0 Å². The molecule has 0 aliphatic heterocycles. The maximum absolute atomic E-state index is 12.0. The molecule has 0 aromatic heterocycles. The van der Waals surface area contributed by atoms with Crippen LogP contribution in [0.25, 0.3) is 0 Å². The third kappa shape index (κ3) is 3.36. The number of ether oxygens (including phenoxy) is 1. The molecule has 0 bridgehead atoms. The molecule has 3 nitrogen and oxygen atoms in total. The standard InChI is InChI=1S/C26H42O3/c1-5-7-15-29-22-9-8-20-23-21(11-14-25(20,22)4)24(3)13-10-19(27)16-18(24)17-26(23,28)12-6-2/h6,17,19-23,27-28H,2,5,7-16H2,1,3-4H3. The van der Waals surface area contributed by atoms with E-state index in [0.717, 1.165) is 51.6 Å². The second-order valence-electron chi connectivity index (χ2n) is 11.0. The zero-order chi connectivity index (χ0) is 20.9. The Balaban J connectivity index is 1.69. The average Bonchev–Trinajstić information content (AvgIpc) is 3.00. The number of aliphatic hydroxyl groups excluding tert-OH is 1. The molecular formula is C26H42O3. The van der Waals surface area contributed by atoms with Gasteiger partial charge in [-0.3, -0.25) is 0 Å². The predicted molar refractivity (Wildman–Crippen MR) is 118 cm³/mol. The Hall–Kier alpha value is -0.640. The highest BCUT2D eigenvalue weighted by atomic mass is 16.5. The zero-order valence-electron chi connectivity index (χ0n) is 18.8. The summed E-state index contributed by atoms with van der Waals surface area (Å²) in [4.78, 5) is 0. The van der Waals surface area contributed by atoms with E-state index in [1.807, 2.05) is 6.08 Å².